The van der Waals surface area contributed by atoms with E-state index in [1.807, 2.05) is 0 Å². The molecule has 3 nitrogen and oxygen atoms in total. The average Bonchev–Trinajstić information content (AvgIpc) is 2.01. The molecule has 0 heterocycles. The van der Waals surface area contributed by atoms with E-state index in [4.69, 9.17) is 5.11 Å². The van der Waals surface area contributed by atoms with Crippen molar-refractivity contribution in [3.63, 3.8) is 0 Å². The number of aliphatic hydroxyl groups excluding tert-OH is 1. The fourth-order valence-electron chi connectivity index (χ4n) is 0.891. The molecule has 0 aromatic heterocycles. The lowest BCUT2D eigenvalue weighted by atomic mass is 9.99. The second-order valence-electron chi connectivity index (χ2n) is 2.53. The third-order valence-electron chi connectivity index (χ3n) is 1.62. The predicted molar refractivity (Wildman–Crippen MR) is 46.8 cm³/mol. The molecule has 0 aromatic carbocycles. The van der Waals surface area contributed by atoms with Gasteiger partial charge in [-0.3, -0.25) is 4.79 Å². The number of carbonyl (C=O) groups is 1. The minimum absolute atomic E-state index is 0.409. The Balaban J connectivity index is 4.01. The van der Waals surface area contributed by atoms with Gasteiger partial charge in [-0.2, -0.15) is 0 Å². The summed E-state index contributed by atoms with van der Waals surface area (Å²) in [5, 5.41) is 17.9. The molecule has 0 bridgehead atoms. The van der Waals surface area contributed by atoms with Crippen LogP contribution in [-0.2, 0) is 4.79 Å². The first-order valence-corrected chi connectivity index (χ1v) is 3.77. The molecule has 0 aliphatic heterocycles. The Kier molecular flexibility index (Phi) is 5.04. The van der Waals surface area contributed by atoms with Crippen molar-refractivity contribution in [2.24, 2.45) is 5.92 Å². The summed E-state index contributed by atoms with van der Waals surface area (Å²) in [5.74, 6) is -1.91. The summed E-state index contributed by atoms with van der Waals surface area (Å²) in [6.45, 7) is 6.82. The summed E-state index contributed by atoms with van der Waals surface area (Å²) in [6, 6.07) is 0. The van der Waals surface area contributed by atoms with Crippen LogP contribution in [-0.4, -0.2) is 22.3 Å². The van der Waals surface area contributed by atoms with Gasteiger partial charge >= 0.3 is 5.97 Å². The van der Waals surface area contributed by atoms with Crippen molar-refractivity contribution in [2.45, 2.75) is 18.9 Å². The van der Waals surface area contributed by atoms with Gasteiger partial charge in [-0.15, -0.1) is 13.2 Å². The molecule has 0 aliphatic rings. The molecule has 68 valence electrons. The van der Waals surface area contributed by atoms with Crippen molar-refractivity contribution in [1.29, 1.82) is 0 Å². The number of aliphatic carboxylic acids is 1. The highest BCUT2D eigenvalue weighted by Gasteiger charge is 2.21. The zero-order chi connectivity index (χ0) is 9.56. The van der Waals surface area contributed by atoms with Crippen LogP contribution in [0.2, 0.25) is 0 Å². The molecule has 2 N–H and O–H groups in total. The van der Waals surface area contributed by atoms with Crippen LogP contribution in [0.15, 0.2) is 25.3 Å². The molecular weight excluding hydrogens is 156 g/mol. The summed E-state index contributed by atoms with van der Waals surface area (Å²) in [7, 11) is 0. The van der Waals surface area contributed by atoms with Crippen LogP contribution in [0.25, 0.3) is 0 Å². The van der Waals surface area contributed by atoms with Crippen molar-refractivity contribution in [2.75, 3.05) is 0 Å². The third-order valence-corrected chi connectivity index (χ3v) is 1.62. The highest BCUT2D eigenvalue weighted by atomic mass is 16.4. The minimum Gasteiger partial charge on any atom is -0.481 e. The molecule has 0 amide bonds. The van der Waals surface area contributed by atoms with Gasteiger partial charge < -0.3 is 10.2 Å². The van der Waals surface area contributed by atoms with E-state index in [1.54, 1.807) is 6.08 Å². The van der Waals surface area contributed by atoms with Gasteiger partial charge in [0.05, 0.1) is 6.10 Å². The van der Waals surface area contributed by atoms with Gasteiger partial charge in [-0.25, -0.2) is 0 Å². The number of hydrogen-bond donors (Lipinski definition) is 2. The Labute approximate surface area is 72.0 Å². The van der Waals surface area contributed by atoms with Crippen LogP contribution in [0.5, 0.6) is 0 Å². The maximum absolute atomic E-state index is 10.5. The van der Waals surface area contributed by atoms with Crippen LogP contribution in [0.1, 0.15) is 12.8 Å². The van der Waals surface area contributed by atoms with Crippen LogP contribution in [0.3, 0.4) is 0 Å². The predicted octanol–water partition coefficient (Wildman–Crippen LogP) is 1.20. The zero-order valence-electron chi connectivity index (χ0n) is 6.94. The van der Waals surface area contributed by atoms with Crippen LogP contribution in [0, 0.1) is 5.92 Å². The van der Waals surface area contributed by atoms with Crippen molar-refractivity contribution >= 4 is 5.97 Å². The number of hydrogen-bond acceptors (Lipinski definition) is 2. The van der Waals surface area contributed by atoms with E-state index in [2.05, 4.69) is 13.2 Å². The summed E-state index contributed by atoms with van der Waals surface area (Å²) in [6.07, 6.45) is 3.05. The van der Waals surface area contributed by atoms with Gasteiger partial charge in [-0.05, 0) is 12.8 Å². The Hall–Kier alpha value is -1.09. The second-order valence-corrected chi connectivity index (χ2v) is 2.53. The van der Waals surface area contributed by atoms with Crippen LogP contribution in [0.4, 0.5) is 0 Å². The molecule has 3 heteroatoms. The maximum atomic E-state index is 10.5. The van der Waals surface area contributed by atoms with E-state index in [-0.39, 0.29) is 0 Å². The highest BCUT2D eigenvalue weighted by Crippen LogP contribution is 2.11. The summed E-state index contributed by atoms with van der Waals surface area (Å²) < 4.78 is 0. The number of rotatable bonds is 6. The lowest BCUT2D eigenvalue weighted by molar-refractivity contribution is -0.143. The summed E-state index contributed by atoms with van der Waals surface area (Å²) in [5.41, 5.74) is 0. The van der Waals surface area contributed by atoms with Crippen LogP contribution >= 0.6 is 0 Å². The van der Waals surface area contributed by atoms with Gasteiger partial charge in [0.1, 0.15) is 5.92 Å². The van der Waals surface area contributed by atoms with Crippen molar-refractivity contribution in [3.05, 3.63) is 25.3 Å². The number of aliphatic hydroxyl groups is 1. The Morgan fingerprint density at radius 1 is 1.50 bits per heavy atom. The van der Waals surface area contributed by atoms with Crippen LogP contribution < -0.4 is 0 Å². The van der Waals surface area contributed by atoms with E-state index in [9.17, 15) is 9.90 Å². The van der Waals surface area contributed by atoms with Gasteiger partial charge in [0.2, 0.25) is 0 Å². The number of allylic oxidation sites excluding steroid dienone is 1. The lowest BCUT2D eigenvalue weighted by Crippen LogP contribution is -2.25. The fraction of sp³-hybridized carbons (Fsp3) is 0.444. The van der Waals surface area contributed by atoms with E-state index < -0.39 is 18.0 Å². The van der Waals surface area contributed by atoms with E-state index in [0.717, 1.165) is 0 Å². The second kappa shape index (κ2) is 5.55. The van der Waals surface area contributed by atoms with Crippen molar-refractivity contribution in [3.8, 4) is 0 Å². The number of carboxylic acid groups (broad SMARTS) is 1. The van der Waals surface area contributed by atoms with Gasteiger partial charge in [0.15, 0.2) is 0 Å². The van der Waals surface area contributed by atoms with E-state index in [1.165, 1.54) is 6.08 Å². The first-order chi connectivity index (χ1) is 5.63. The van der Waals surface area contributed by atoms with E-state index in [0.29, 0.717) is 12.8 Å². The minimum atomic E-state index is -1.04. The highest BCUT2D eigenvalue weighted by molar-refractivity contribution is 5.72. The molecule has 0 radical (unpaired) electrons. The first-order valence-electron chi connectivity index (χ1n) is 3.77. The fourth-order valence-corrected chi connectivity index (χ4v) is 0.891. The molecular formula is C9H14O3. The van der Waals surface area contributed by atoms with E-state index >= 15 is 0 Å². The summed E-state index contributed by atoms with van der Waals surface area (Å²) >= 11 is 0. The smallest absolute Gasteiger partial charge is 0.312 e. The SMILES string of the molecule is C=CCCC(O)C(C=C)C(=O)O. The van der Waals surface area contributed by atoms with Crippen molar-refractivity contribution in [1.82, 2.24) is 0 Å². The number of carboxylic acids is 1. The molecule has 0 saturated heterocycles. The van der Waals surface area contributed by atoms with Gasteiger partial charge in [-0.1, -0.05) is 12.2 Å². The first kappa shape index (κ1) is 10.9. The summed E-state index contributed by atoms with van der Waals surface area (Å²) in [4.78, 5) is 10.5. The topological polar surface area (TPSA) is 57.5 Å². The molecule has 0 aliphatic carbocycles. The molecule has 2 atom stereocenters. The Bertz CT molecular complexity index is 175. The average molecular weight is 170 g/mol. The lowest BCUT2D eigenvalue weighted by Gasteiger charge is -2.13. The zero-order valence-corrected chi connectivity index (χ0v) is 6.94. The van der Waals surface area contributed by atoms with Gasteiger partial charge in [0.25, 0.3) is 0 Å². The molecule has 12 heavy (non-hydrogen) atoms. The molecule has 2 unspecified atom stereocenters. The quantitative estimate of drug-likeness (QED) is 0.589. The maximum Gasteiger partial charge on any atom is 0.312 e. The third kappa shape index (κ3) is 3.34. The largest absolute Gasteiger partial charge is 0.481 e. The molecule has 0 aromatic rings. The Morgan fingerprint density at radius 3 is 2.42 bits per heavy atom. The molecule has 0 fully saturated rings. The standard InChI is InChI=1S/C9H14O3/c1-3-5-6-8(10)7(4-2)9(11)12/h3-4,7-8,10H,1-2,5-6H2,(H,11,12). The molecule has 0 saturated carbocycles. The molecule has 0 spiro atoms. The normalized spacial score (nSPS) is 14.8. The monoisotopic (exact) mass is 170 g/mol. The molecule has 0 rings (SSSR count). The van der Waals surface area contributed by atoms with Crippen molar-refractivity contribution < 1.29 is 15.0 Å². The Morgan fingerprint density at radius 2 is 2.08 bits per heavy atom. The van der Waals surface area contributed by atoms with Gasteiger partial charge in [0, 0.05) is 0 Å².